The van der Waals surface area contributed by atoms with Crippen LogP contribution < -0.4 is 9.80 Å². The Bertz CT molecular complexity index is 1390. The minimum absolute atomic E-state index is 0.0384. The van der Waals surface area contributed by atoms with Gasteiger partial charge in [-0.3, -0.25) is 14.4 Å². The van der Waals surface area contributed by atoms with Crippen LogP contribution in [0.25, 0.3) is 0 Å². The molecule has 3 amide bonds. The molecule has 0 aliphatic carbocycles. The fourth-order valence-corrected chi connectivity index (χ4v) is 10.6. The Morgan fingerprint density at radius 2 is 1.79 bits per heavy atom. The van der Waals surface area contributed by atoms with Gasteiger partial charge in [0.05, 0.1) is 16.6 Å². The largest absolute Gasteiger partial charge is 0.396 e. The number of hydrogen-bond acceptors (Lipinski definition) is 5. The Morgan fingerprint density at radius 1 is 1.10 bits per heavy atom. The monoisotopic (exact) mass is 651 g/mol. The lowest BCUT2D eigenvalue weighted by Gasteiger charge is -2.38. The molecule has 3 unspecified atom stereocenters. The van der Waals surface area contributed by atoms with Gasteiger partial charge >= 0.3 is 0 Å². The van der Waals surface area contributed by atoms with E-state index in [1.54, 1.807) is 38.6 Å². The van der Waals surface area contributed by atoms with Crippen LogP contribution in [0.15, 0.2) is 73.8 Å². The number of carbonyl (C=O) groups excluding carboxylic acids is 3. The Balaban J connectivity index is 1.60. The summed E-state index contributed by atoms with van der Waals surface area (Å²) in [5, 5.41) is 9.56. The van der Waals surface area contributed by atoms with Crippen molar-refractivity contribution in [3.05, 3.63) is 85.0 Å². The number of carbonyl (C=O) groups is 3. The van der Waals surface area contributed by atoms with Gasteiger partial charge in [-0.2, -0.15) is 0 Å². The zero-order valence-electron chi connectivity index (χ0n) is 24.1. The van der Waals surface area contributed by atoms with Gasteiger partial charge in [0.2, 0.25) is 11.8 Å². The molecule has 5 rings (SSSR count). The summed E-state index contributed by atoms with van der Waals surface area (Å²) in [5.74, 6) is -1.74. The highest BCUT2D eigenvalue weighted by Gasteiger charge is 2.76. The molecule has 3 aliphatic heterocycles. The first kappa shape index (κ1) is 30.6. The van der Waals surface area contributed by atoms with Crippen LogP contribution in [0, 0.1) is 25.7 Å². The third kappa shape index (κ3) is 5.03. The third-order valence-corrected chi connectivity index (χ3v) is 12.0. The maximum absolute atomic E-state index is 14.8. The number of benzene rings is 2. The van der Waals surface area contributed by atoms with Gasteiger partial charge in [-0.25, -0.2) is 0 Å². The summed E-state index contributed by atoms with van der Waals surface area (Å²) >= 11 is 5.48. The van der Waals surface area contributed by atoms with Crippen LogP contribution >= 0.6 is 27.7 Å². The van der Waals surface area contributed by atoms with E-state index in [1.807, 2.05) is 62.4 Å². The molecule has 9 heteroatoms. The minimum atomic E-state index is -0.781. The Kier molecular flexibility index (Phi) is 9.02. The van der Waals surface area contributed by atoms with Gasteiger partial charge in [0.1, 0.15) is 6.04 Å². The predicted molar refractivity (Wildman–Crippen MR) is 173 cm³/mol. The lowest BCUT2D eigenvalue weighted by Crippen LogP contribution is -2.56. The molecule has 2 aromatic carbocycles. The molecule has 3 aliphatic rings. The normalized spacial score (nSPS) is 27.6. The summed E-state index contributed by atoms with van der Waals surface area (Å²) in [5.41, 5.74) is 3.52. The summed E-state index contributed by atoms with van der Waals surface area (Å²) < 4.78 is -0.781. The summed E-state index contributed by atoms with van der Waals surface area (Å²) in [6.45, 7) is 12.5. The number of amides is 3. The smallest absolute Gasteiger partial charge is 0.251 e. The van der Waals surface area contributed by atoms with Crippen LogP contribution in [0.5, 0.6) is 0 Å². The van der Waals surface area contributed by atoms with E-state index >= 15 is 0 Å². The van der Waals surface area contributed by atoms with Gasteiger partial charge < -0.3 is 19.8 Å². The van der Waals surface area contributed by atoms with E-state index in [-0.39, 0.29) is 47.5 Å². The van der Waals surface area contributed by atoms with Gasteiger partial charge in [0, 0.05) is 47.7 Å². The second-order valence-corrected chi connectivity index (χ2v) is 14.1. The Hall–Kier alpha value is -2.88. The van der Waals surface area contributed by atoms with E-state index in [2.05, 4.69) is 29.1 Å². The van der Waals surface area contributed by atoms with Crippen molar-refractivity contribution in [1.29, 1.82) is 0 Å². The van der Waals surface area contributed by atoms with Gasteiger partial charge in [-0.05, 0) is 56.0 Å². The molecule has 6 atom stereocenters. The van der Waals surface area contributed by atoms with E-state index in [1.165, 1.54) is 0 Å². The molecule has 2 bridgehead atoms. The third-order valence-electron chi connectivity index (χ3n) is 8.74. The fraction of sp³-hybridized carbons (Fsp3) is 0.424. The average Bonchev–Trinajstić information content (AvgIpc) is 3.57. The molecule has 3 saturated heterocycles. The number of nitrogens with zero attached hydrogens (tertiary/aromatic N) is 3. The molecule has 0 aromatic heterocycles. The summed E-state index contributed by atoms with van der Waals surface area (Å²) in [7, 11) is 0. The number of thioether (sulfide) groups is 1. The van der Waals surface area contributed by atoms with Crippen molar-refractivity contribution in [3.63, 3.8) is 0 Å². The number of para-hydroxylation sites is 1. The number of halogens is 1. The van der Waals surface area contributed by atoms with Gasteiger partial charge in [-0.1, -0.05) is 58.4 Å². The van der Waals surface area contributed by atoms with Crippen LogP contribution in [0.4, 0.5) is 11.4 Å². The fourth-order valence-electron chi connectivity index (χ4n) is 7.01. The molecular formula is C33H38BrN3O4S. The van der Waals surface area contributed by atoms with Crippen molar-refractivity contribution in [2.24, 2.45) is 11.8 Å². The summed E-state index contributed by atoms with van der Waals surface area (Å²) in [6.07, 6.45) is 4.34. The summed E-state index contributed by atoms with van der Waals surface area (Å²) in [6, 6.07) is 14.7. The highest BCUT2D eigenvalue weighted by Crippen LogP contribution is 2.68. The first-order chi connectivity index (χ1) is 20.2. The molecule has 3 heterocycles. The lowest BCUT2D eigenvalue weighted by molar-refractivity contribution is -0.139. The van der Waals surface area contributed by atoms with Crippen LogP contribution in [-0.2, 0) is 14.4 Å². The highest BCUT2D eigenvalue weighted by atomic mass is 79.9. The van der Waals surface area contributed by atoms with Crippen LogP contribution in [0.3, 0.4) is 0 Å². The maximum atomic E-state index is 14.8. The number of aryl methyl sites for hydroxylation is 2. The molecule has 0 radical (unpaired) electrons. The summed E-state index contributed by atoms with van der Waals surface area (Å²) in [4.78, 5) is 48.6. The number of likely N-dealkylation sites (tertiary alicyclic amines) is 1. The number of alkyl halides is 1. The van der Waals surface area contributed by atoms with Crippen LogP contribution in [0.1, 0.15) is 24.0 Å². The number of anilines is 2. The average molecular weight is 653 g/mol. The van der Waals surface area contributed by atoms with Crippen molar-refractivity contribution >= 4 is 56.8 Å². The molecule has 2 aromatic rings. The van der Waals surface area contributed by atoms with E-state index in [4.69, 9.17) is 0 Å². The Labute approximate surface area is 260 Å². The number of aliphatic hydroxyl groups excluding tert-OH is 1. The maximum Gasteiger partial charge on any atom is 0.251 e. The molecule has 3 fully saturated rings. The topological polar surface area (TPSA) is 81.2 Å². The van der Waals surface area contributed by atoms with E-state index < -0.39 is 22.6 Å². The Morgan fingerprint density at radius 3 is 2.45 bits per heavy atom. The van der Waals surface area contributed by atoms with Gasteiger partial charge in [-0.15, -0.1) is 24.9 Å². The SMILES string of the molecule is C=CCN(C(=O)[C@H]1[C@H]2C(=O)N(CCCO)C(C(=O)N(CC=C)c3cc(C)ccc3C)C23CC(Br)[C@@H]1S3)c1ccccc1. The van der Waals surface area contributed by atoms with E-state index in [0.29, 0.717) is 19.4 Å². The second kappa shape index (κ2) is 12.4. The van der Waals surface area contributed by atoms with Crippen molar-refractivity contribution in [2.75, 3.05) is 36.0 Å². The van der Waals surface area contributed by atoms with Crippen molar-refractivity contribution in [1.82, 2.24) is 4.90 Å². The molecular weight excluding hydrogens is 614 g/mol. The highest BCUT2D eigenvalue weighted by molar-refractivity contribution is 9.09. The van der Waals surface area contributed by atoms with Crippen molar-refractivity contribution in [2.45, 2.75) is 47.6 Å². The molecule has 7 nitrogen and oxygen atoms in total. The number of rotatable bonds is 11. The number of fused-ring (bicyclic) bond motifs is 1. The number of hydrogen-bond donors (Lipinski definition) is 1. The van der Waals surface area contributed by atoms with Crippen LogP contribution in [-0.4, -0.2) is 74.8 Å². The standard InChI is InChI=1S/C33H38BrN3O4S/c1-5-15-35(23-11-8-7-9-12-23)30(39)26-27-31(40)37(17-10-18-38)29(33(27)20-24(34)28(26)42-33)32(41)36(16-6-2)25-19-21(3)13-14-22(25)4/h5-9,11-14,19,24,26-29,38H,1-2,10,15-18,20H2,3-4H3/t24?,26-,27-,28-,29?,33?/m0/s1. The first-order valence-electron chi connectivity index (χ1n) is 14.4. The second-order valence-electron chi connectivity index (χ2n) is 11.4. The van der Waals surface area contributed by atoms with Crippen LogP contribution in [0.2, 0.25) is 0 Å². The van der Waals surface area contributed by atoms with Gasteiger partial charge in [0.25, 0.3) is 5.91 Å². The number of aliphatic hydroxyl groups is 1. The molecule has 1 spiro atoms. The van der Waals surface area contributed by atoms with E-state index in [0.717, 1.165) is 22.5 Å². The molecule has 42 heavy (non-hydrogen) atoms. The molecule has 222 valence electrons. The minimum Gasteiger partial charge on any atom is -0.396 e. The molecule has 0 saturated carbocycles. The predicted octanol–water partition coefficient (Wildman–Crippen LogP) is 4.89. The van der Waals surface area contributed by atoms with E-state index in [9.17, 15) is 19.5 Å². The van der Waals surface area contributed by atoms with Gasteiger partial charge in [0.15, 0.2) is 0 Å². The zero-order valence-corrected chi connectivity index (χ0v) is 26.5. The lowest BCUT2D eigenvalue weighted by atomic mass is 9.70. The van der Waals surface area contributed by atoms with Crippen molar-refractivity contribution < 1.29 is 19.5 Å². The quantitative estimate of drug-likeness (QED) is 0.277. The molecule has 1 N–H and O–H groups in total. The zero-order chi connectivity index (χ0) is 30.2. The van der Waals surface area contributed by atoms with Crippen molar-refractivity contribution in [3.8, 4) is 0 Å². The first-order valence-corrected chi connectivity index (χ1v) is 16.2.